The number of rotatable bonds is 5. The van der Waals surface area contributed by atoms with E-state index in [9.17, 15) is 9.18 Å². The van der Waals surface area contributed by atoms with Crippen molar-refractivity contribution < 1.29 is 32.9 Å². The van der Waals surface area contributed by atoms with Crippen LogP contribution >= 0.6 is 0 Å². The summed E-state index contributed by atoms with van der Waals surface area (Å²) in [6.07, 6.45) is 4.77. The van der Waals surface area contributed by atoms with E-state index < -0.39 is 5.82 Å². The molecule has 0 aromatic heterocycles. The molecule has 3 aromatic rings. The van der Waals surface area contributed by atoms with Gasteiger partial charge in [-0.25, -0.2) is 9.40 Å². The first-order chi connectivity index (χ1) is 19.1. The second kappa shape index (κ2) is 9.65. The Bertz CT molecular complexity index is 1520. The quantitative estimate of drug-likeness (QED) is 0.436. The van der Waals surface area contributed by atoms with Crippen LogP contribution in [0.15, 0.2) is 71.3 Å². The number of allylic oxidation sites excluding steroid dienone is 1. The highest BCUT2D eigenvalue weighted by Gasteiger charge is 2.44. The Balaban J connectivity index is 1.23. The van der Waals surface area contributed by atoms with Gasteiger partial charge >= 0.3 is 0 Å². The van der Waals surface area contributed by atoms with E-state index in [4.69, 9.17) is 28.8 Å². The predicted molar refractivity (Wildman–Crippen MR) is 139 cm³/mol. The summed E-state index contributed by atoms with van der Waals surface area (Å²) in [7, 11) is 0. The van der Waals surface area contributed by atoms with Crippen LogP contribution in [-0.2, 0) is 4.79 Å². The molecule has 1 amide bonds. The van der Waals surface area contributed by atoms with E-state index in [2.05, 4.69) is 6.08 Å². The molecule has 198 valence electrons. The summed E-state index contributed by atoms with van der Waals surface area (Å²) in [5.41, 5.74) is 3.82. The molecule has 0 bridgehead atoms. The van der Waals surface area contributed by atoms with Gasteiger partial charge in [-0.1, -0.05) is 24.3 Å². The topological polar surface area (TPSA) is 78.8 Å². The van der Waals surface area contributed by atoms with Crippen molar-refractivity contribution in [2.24, 2.45) is 11.0 Å². The number of halogens is 1. The monoisotopic (exact) mass is 528 g/mol. The number of hydrazone groups is 1. The predicted octanol–water partition coefficient (Wildman–Crippen LogP) is 5.49. The maximum Gasteiger partial charge on any atom is 0.281 e. The van der Waals surface area contributed by atoms with Crippen molar-refractivity contribution in [3.05, 3.63) is 83.2 Å². The molecular weight excluding hydrogens is 503 g/mol. The molecule has 3 heterocycles. The summed E-state index contributed by atoms with van der Waals surface area (Å²) in [5.74, 6) is 1.89. The second-order valence-electron chi connectivity index (χ2n) is 9.78. The third-order valence-corrected chi connectivity index (χ3v) is 7.42. The maximum atomic E-state index is 14.1. The number of carbonyl (C=O) groups is 1. The van der Waals surface area contributed by atoms with E-state index in [1.54, 1.807) is 12.1 Å². The lowest BCUT2D eigenvalue weighted by Crippen LogP contribution is -2.34. The van der Waals surface area contributed by atoms with E-state index in [-0.39, 0.29) is 43.8 Å². The van der Waals surface area contributed by atoms with Gasteiger partial charge in [-0.2, -0.15) is 5.10 Å². The highest BCUT2D eigenvalue weighted by Crippen LogP contribution is 2.46. The maximum absolute atomic E-state index is 14.1. The number of hydrogen-bond donors (Lipinski definition) is 0. The van der Waals surface area contributed by atoms with Gasteiger partial charge in [0.15, 0.2) is 41.2 Å². The van der Waals surface area contributed by atoms with Gasteiger partial charge in [0, 0.05) is 5.92 Å². The fourth-order valence-electron chi connectivity index (χ4n) is 5.61. The fourth-order valence-corrected chi connectivity index (χ4v) is 5.61. The molecule has 9 heteroatoms. The lowest BCUT2D eigenvalue weighted by molar-refractivity contribution is -0.135. The van der Waals surface area contributed by atoms with Crippen LogP contribution in [0.5, 0.6) is 28.7 Å². The number of carbonyl (C=O) groups excluding carboxylic acids is 1. The summed E-state index contributed by atoms with van der Waals surface area (Å²) in [4.78, 5) is 13.5. The van der Waals surface area contributed by atoms with Crippen molar-refractivity contribution in [2.45, 2.75) is 25.3 Å². The van der Waals surface area contributed by atoms with Crippen LogP contribution < -0.4 is 23.7 Å². The van der Waals surface area contributed by atoms with Crippen molar-refractivity contribution in [3.63, 3.8) is 0 Å². The molecule has 1 fully saturated rings. The first-order valence-electron chi connectivity index (χ1n) is 12.9. The summed E-state index contributed by atoms with van der Waals surface area (Å²) in [5, 5.41) is 6.37. The SMILES string of the molecule is O=C(COc1ccccc1F)N1N=C2/C(=C\c3ccc4c(c3)OCO4)CCCC2C1c1ccc2c(c1)OCO2. The average Bonchev–Trinajstić information content (AvgIpc) is 3.70. The van der Waals surface area contributed by atoms with Gasteiger partial charge in [-0.15, -0.1) is 0 Å². The third kappa shape index (κ3) is 4.33. The Morgan fingerprint density at radius 3 is 2.54 bits per heavy atom. The number of para-hydroxylation sites is 1. The molecule has 0 radical (unpaired) electrons. The van der Waals surface area contributed by atoms with E-state index in [0.717, 1.165) is 47.4 Å². The molecule has 8 nitrogen and oxygen atoms in total. The molecule has 1 aliphatic carbocycles. The molecule has 39 heavy (non-hydrogen) atoms. The number of benzene rings is 3. The molecule has 0 spiro atoms. The minimum absolute atomic E-state index is 0.0169. The van der Waals surface area contributed by atoms with Crippen LogP contribution in [0.25, 0.3) is 6.08 Å². The minimum atomic E-state index is -0.520. The summed E-state index contributed by atoms with van der Waals surface area (Å²) in [6, 6.07) is 17.2. The molecule has 3 aliphatic heterocycles. The largest absolute Gasteiger partial charge is 0.481 e. The van der Waals surface area contributed by atoms with Crippen LogP contribution in [0.4, 0.5) is 4.39 Å². The highest BCUT2D eigenvalue weighted by atomic mass is 19.1. The number of hydrogen-bond acceptors (Lipinski definition) is 7. The molecule has 3 aromatic carbocycles. The van der Waals surface area contributed by atoms with Gasteiger partial charge in [-0.3, -0.25) is 4.79 Å². The van der Waals surface area contributed by atoms with Gasteiger partial charge in [0.25, 0.3) is 5.91 Å². The van der Waals surface area contributed by atoms with E-state index in [1.165, 1.54) is 17.1 Å². The van der Waals surface area contributed by atoms with Crippen molar-refractivity contribution in [1.82, 2.24) is 5.01 Å². The first-order valence-corrected chi connectivity index (χ1v) is 12.9. The average molecular weight is 529 g/mol. The van der Waals surface area contributed by atoms with E-state index >= 15 is 0 Å². The van der Waals surface area contributed by atoms with Crippen molar-refractivity contribution >= 4 is 17.7 Å². The number of amides is 1. The Labute approximate surface area is 224 Å². The standard InChI is InChI=1S/C30H25FN2O6/c31-22-6-1-2-7-23(22)35-15-28(34)33-30(20-9-11-25-27(14-20)39-17-37-25)21-5-3-4-19(29(21)32-33)12-18-8-10-24-26(13-18)38-16-36-24/h1-2,6-14,21,30H,3-5,15-17H2/b19-12-. The second-order valence-corrected chi connectivity index (χ2v) is 9.78. The molecule has 4 aliphatic rings. The van der Waals surface area contributed by atoms with Gasteiger partial charge in [0.1, 0.15) is 0 Å². The molecular formula is C30H25FN2O6. The van der Waals surface area contributed by atoms with Gasteiger partial charge in [0.2, 0.25) is 13.6 Å². The van der Waals surface area contributed by atoms with Gasteiger partial charge < -0.3 is 23.7 Å². The van der Waals surface area contributed by atoms with Crippen LogP contribution in [0.3, 0.4) is 0 Å². The number of fused-ring (bicyclic) bond motifs is 3. The zero-order chi connectivity index (χ0) is 26.3. The summed E-state index contributed by atoms with van der Waals surface area (Å²) in [6.45, 7) is 0.0379. The smallest absolute Gasteiger partial charge is 0.281 e. The Hall–Kier alpha value is -4.53. The Morgan fingerprint density at radius 1 is 0.974 bits per heavy atom. The fraction of sp³-hybridized carbons (Fsp3) is 0.267. The molecule has 2 atom stereocenters. The van der Waals surface area contributed by atoms with Crippen molar-refractivity contribution in [2.75, 3.05) is 20.2 Å². The molecule has 7 rings (SSSR count). The molecule has 2 unspecified atom stereocenters. The normalized spacial score (nSPS) is 21.6. The van der Waals surface area contributed by atoms with Gasteiger partial charge in [0.05, 0.1) is 11.8 Å². The zero-order valence-electron chi connectivity index (χ0n) is 21.0. The summed E-state index contributed by atoms with van der Waals surface area (Å²) >= 11 is 0. The molecule has 0 saturated heterocycles. The lowest BCUT2D eigenvalue weighted by atomic mass is 9.77. The van der Waals surface area contributed by atoms with E-state index in [0.29, 0.717) is 17.2 Å². The van der Waals surface area contributed by atoms with Crippen LogP contribution in [0, 0.1) is 11.7 Å². The lowest BCUT2D eigenvalue weighted by Gasteiger charge is -2.29. The number of nitrogens with zero attached hydrogens (tertiary/aromatic N) is 2. The highest BCUT2D eigenvalue weighted by molar-refractivity contribution is 6.08. The Kier molecular flexibility index (Phi) is 5.83. The molecule has 1 saturated carbocycles. The van der Waals surface area contributed by atoms with Crippen LogP contribution in [0.2, 0.25) is 0 Å². The van der Waals surface area contributed by atoms with E-state index in [1.807, 2.05) is 36.4 Å². The van der Waals surface area contributed by atoms with Crippen molar-refractivity contribution in [3.8, 4) is 28.7 Å². The summed E-state index contributed by atoms with van der Waals surface area (Å²) < 4.78 is 41.8. The van der Waals surface area contributed by atoms with Crippen LogP contribution in [0.1, 0.15) is 36.4 Å². The van der Waals surface area contributed by atoms with Crippen molar-refractivity contribution in [1.29, 1.82) is 0 Å². The first kappa shape index (κ1) is 23.6. The van der Waals surface area contributed by atoms with Crippen LogP contribution in [-0.4, -0.2) is 36.8 Å². The third-order valence-electron chi connectivity index (χ3n) is 7.42. The van der Waals surface area contributed by atoms with Gasteiger partial charge in [-0.05, 0) is 78.4 Å². The minimum Gasteiger partial charge on any atom is -0.481 e. The number of ether oxygens (including phenoxy) is 5. The molecule has 0 N–H and O–H groups in total. The Morgan fingerprint density at radius 2 is 1.72 bits per heavy atom. The zero-order valence-corrected chi connectivity index (χ0v) is 21.0.